The van der Waals surface area contributed by atoms with Gasteiger partial charge in [0.2, 0.25) is 5.91 Å². The summed E-state index contributed by atoms with van der Waals surface area (Å²) in [5.41, 5.74) is 5.48. The summed E-state index contributed by atoms with van der Waals surface area (Å²) in [7, 11) is 0. The summed E-state index contributed by atoms with van der Waals surface area (Å²) in [5.74, 6) is -1.04. The molecule has 4 nitrogen and oxygen atoms in total. The first kappa shape index (κ1) is 23.1. The molecule has 1 aliphatic heterocycles. The van der Waals surface area contributed by atoms with E-state index in [-0.39, 0.29) is 48.9 Å². The number of hydrogen-bond donors (Lipinski definition) is 2. The molecule has 0 bridgehead atoms. The third-order valence-corrected chi connectivity index (χ3v) is 3.92. The molecule has 1 aromatic carbocycles. The molecule has 1 aliphatic rings. The van der Waals surface area contributed by atoms with Gasteiger partial charge >= 0.3 is 0 Å². The summed E-state index contributed by atoms with van der Waals surface area (Å²) in [6.45, 7) is 2.12. The lowest BCUT2D eigenvalue weighted by Crippen LogP contribution is -2.47. The van der Waals surface area contributed by atoms with Crippen LogP contribution in [0.1, 0.15) is 31.2 Å². The van der Waals surface area contributed by atoms with Gasteiger partial charge in [0.05, 0.1) is 0 Å². The number of halogens is 4. The molecule has 1 aromatic rings. The summed E-state index contributed by atoms with van der Waals surface area (Å²) >= 11 is 0. The fraction of sp³-hybridized carbons (Fsp3) is 0.562. The van der Waals surface area contributed by atoms with Crippen LogP contribution >= 0.6 is 24.8 Å². The van der Waals surface area contributed by atoms with Crippen molar-refractivity contribution in [2.24, 2.45) is 5.73 Å². The van der Waals surface area contributed by atoms with Gasteiger partial charge in [0.25, 0.3) is 0 Å². The monoisotopic (exact) mass is 383 g/mol. The van der Waals surface area contributed by atoms with Crippen molar-refractivity contribution in [2.75, 3.05) is 19.6 Å². The molecule has 0 saturated carbocycles. The van der Waals surface area contributed by atoms with E-state index in [2.05, 4.69) is 5.32 Å². The lowest BCUT2D eigenvalue weighted by molar-refractivity contribution is -0.122. The van der Waals surface area contributed by atoms with Crippen molar-refractivity contribution in [1.29, 1.82) is 0 Å². The van der Waals surface area contributed by atoms with Crippen molar-refractivity contribution < 1.29 is 13.6 Å². The van der Waals surface area contributed by atoms with Crippen LogP contribution in [0.25, 0.3) is 0 Å². The molecule has 24 heavy (non-hydrogen) atoms. The minimum atomic E-state index is -0.519. The summed E-state index contributed by atoms with van der Waals surface area (Å²) in [6, 6.07) is 3.95. The quantitative estimate of drug-likeness (QED) is 0.793. The number of rotatable bonds is 6. The first-order valence-corrected chi connectivity index (χ1v) is 7.75. The lowest BCUT2D eigenvalue weighted by atomic mass is 10.0. The van der Waals surface area contributed by atoms with Crippen LogP contribution < -0.4 is 11.1 Å². The average Bonchev–Trinajstić information content (AvgIpc) is 2.49. The molecule has 1 fully saturated rings. The van der Waals surface area contributed by atoms with E-state index >= 15 is 0 Å². The second-order valence-electron chi connectivity index (χ2n) is 5.73. The van der Waals surface area contributed by atoms with Crippen molar-refractivity contribution >= 4 is 30.7 Å². The van der Waals surface area contributed by atoms with Gasteiger partial charge in [-0.05, 0) is 44.5 Å². The smallest absolute Gasteiger partial charge is 0.220 e. The predicted octanol–water partition coefficient (Wildman–Crippen LogP) is 2.63. The van der Waals surface area contributed by atoms with Gasteiger partial charge in [0, 0.05) is 31.1 Å². The molecule has 1 amide bonds. The molecule has 0 aliphatic carbocycles. The molecule has 0 radical (unpaired) electrons. The van der Waals surface area contributed by atoms with E-state index in [4.69, 9.17) is 5.73 Å². The fourth-order valence-corrected chi connectivity index (χ4v) is 2.79. The highest BCUT2D eigenvalue weighted by Crippen LogP contribution is 2.18. The summed E-state index contributed by atoms with van der Waals surface area (Å²) < 4.78 is 27.4. The predicted molar refractivity (Wildman–Crippen MR) is 95.6 cm³/mol. The molecule has 1 heterocycles. The molecular formula is C16H25Cl2F2N3O. The Morgan fingerprint density at radius 2 is 1.96 bits per heavy atom. The number of amides is 1. The number of nitrogens with zero attached hydrogens (tertiary/aromatic N) is 1. The minimum Gasteiger partial charge on any atom is -0.352 e. The van der Waals surface area contributed by atoms with Crippen molar-refractivity contribution in [1.82, 2.24) is 10.2 Å². The number of piperidine rings is 1. The highest BCUT2D eigenvalue weighted by molar-refractivity contribution is 5.85. The van der Waals surface area contributed by atoms with Gasteiger partial charge in [0.1, 0.15) is 11.6 Å². The van der Waals surface area contributed by atoms with Gasteiger partial charge in [-0.15, -0.1) is 24.8 Å². The maximum absolute atomic E-state index is 13.7. The highest BCUT2D eigenvalue weighted by atomic mass is 35.5. The molecule has 1 atom stereocenters. The first-order chi connectivity index (χ1) is 10.6. The molecule has 0 spiro atoms. The standard InChI is InChI=1S/C16H23F2N3O.2ClH/c17-14-5-1-6-15(18)13(14)11-21-9-3-4-12(10-21)20-16(22)7-2-8-19;;/h1,5-6,12H,2-4,7-11,19H2,(H,20,22);2*1H. The second kappa shape index (κ2) is 11.6. The summed E-state index contributed by atoms with van der Waals surface area (Å²) in [4.78, 5) is 13.7. The molecular weight excluding hydrogens is 359 g/mol. The Morgan fingerprint density at radius 1 is 1.29 bits per heavy atom. The van der Waals surface area contributed by atoms with E-state index in [0.717, 1.165) is 19.4 Å². The maximum Gasteiger partial charge on any atom is 0.220 e. The Labute approximate surface area is 154 Å². The number of likely N-dealkylation sites (tertiary alicyclic amines) is 1. The third-order valence-electron chi connectivity index (χ3n) is 3.92. The topological polar surface area (TPSA) is 58.4 Å². The van der Waals surface area contributed by atoms with Crippen LogP contribution in [0.5, 0.6) is 0 Å². The summed E-state index contributed by atoms with van der Waals surface area (Å²) in [6.07, 6.45) is 2.89. The molecule has 0 aromatic heterocycles. The van der Waals surface area contributed by atoms with Gasteiger partial charge in [-0.1, -0.05) is 6.07 Å². The number of benzene rings is 1. The molecule has 1 unspecified atom stereocenters. The van der Waals surface area contributed by atoms with Gasteiger partial charge in [-0.3, -0.25) is 9.69 Å². The van der Waals surface area contributed by atoms with Crippen LogP contribution in [0.2, 0.25) is 0 Å². The zero-order valence-electron chi connectivity index (χ0n) is 13.5. The van der Waals surface area contributed by atoms with Crippen molar-refractivity contribution in [2.45, 2.75) is 38.3 Å². The molecule has 1 saturated heterocycles. The van der Waals surface area contributed by atoms with Gasteiger partial charge < -0.3 is 11.1 Å². The Balaban J connectivity index is 0.00000264. The van der Waals surface area contributed by atoms with Crippen molar-refractivity contribution in [3.8, 4) is 0 Å². The van der Waals surface area contributed by atoms with Gasteiger partial charge in [0.15, 0.2) is 0 Å². The number of carbonyl (C=O) groups is 1. The Bertz CT molecular complexity index is 500. The van der Waals surface area contributed by atoms with E-state index in [9.17, 15) is 13.6 Å². The Morgan fingerprint density at radius 3 is 2.58 bits per heavy atom. The largest absolute Gasteiger partial charge is 0.352 e. The highest BCUT2D eigenvalue weighted by Gasteiger charge is 2.23. The number of carbonyl (C=O) groups excluding carboxylic acids is 1. The SMILES string of the molecule is Cl.Cl.NCCCC(=O)NC1CCCN(Cc2c(F)cccc2F)C1. The van der Waals surface area contributed by atoms with Crippen LogP contribution in [0.4, 0.5) is 8.78 Å². The van der Waals surface area contributed by atoms with Crippen LogP contribution in [-0.2, 0) is 11.3 Å². The van der Waals surface area contributed by atoms with E-state index in [1.54, 1.807) is 0 Å². The number of nitrogens with two attached hydrogens (primary N) is 1. The van der Waals surface area contributed by atoms with Crippen LogP contribution in [-0.4, -0.2) is 36.5 Å². The third kappa shape index (κ3) is 6.89. The Hall–Kier alpha value is -0.950. The number of hydrogen-bond acceptors (Lipinski definition) is 3. The fourth-order valence-electron chi connectivity index (χ4n) is 2.79. The van der Waals surface area contributed by atoms with Crippen LogP contribution in [0.15, 0.2) is 18.2 Å². The van der Waals surface area contributed by atoms with Crippen molar-refractivity contribution in [3.05, 3.63) is 35.4 Å². The van der Waals surface area contributed by atoms with E-state index in [1.165, 1.54) is 18.2 Å². The number of nitrogens with one attached hydrogen (secondary N) is 1. The summed E-state index contributed by atoms with van der Waals surface area (Å²) in [5, 5.41) is 2.98. The minimum absolute atomic E-state index is 0. The molecule has 3 N–H and O–H groups in total. The van der Waals surface area contributed by atoms with Crippen molar-refractivity contribution in [3.63, 3.8) is 0 Å². The van der Waals surface area contributed by atoms with E-state index < -0.39 is 11.6 Å². The van der Waals surface area contributed by atoms with Gasteiger partial charge in [-0.25, -0.2) is 8.78 Å². The van der Waals surface area contributed by atoms with Crippen LogP contribution in [0, 0.1) is 11.6 Å². The second-order valence-corrected chi connectivity index (χ2v) is 5.73. The zero-order valence-corrected chi connectivity index (χ0v) is 15.1. The molecule has 2 rings (SSSR count). The van der Waals surface area contributed by atoms with Gasteiger partial charge in [-0.2, -0.15) is 0 Å². The van der Waals surface area contributed by atoms with E-state index in [1.807, 2.05) is 4.90 Å². The first-order valence-electron chi connectivity index (χ1n) is 7.75. The van der Waals surface area contributed by atoms with E-state index in [0.29, 0.717) is 25.9 Å². The Kier molecular flexibility index (Phi) is 11.1. The normalized spacial score (nSPS) is 17.5. The average molecular weight is 384 g/mol. The molecule has 8 heteroatoms. The molecule has 138 valence electrons. The maximum atomic E-state index is 13.7. The lowest BCUT2D eigenvalue weighted by Gasteiger charge is -2.33. The van der Waals surface area contributed by atoms with Crippen LogP contribution in [0.3, 0.4) is 0 Å². The zero-order chi connectivity index (χ0) is 15.9.